The van der Waals surface area contributed by atoms with Gasteiger partial charge in [-0.1, -0.05) is 11.6 Å². The van der Waals surface area contributed by atoms with Crippen LogP contribution in [-0.4, -0.2) is 21.0 Å². The molecule has 0 aromatic carbocycles. The van der Waals surface area contributed by atoms with Crippen LogP contribution in [-0.2, 0) is 14.3 Å². The Morgan fingerprint density at radius 1 is 1.70 bits per heavy atom. The first kappa shape index (κ1) is 9.71. The van der Waals surface area contributed by atoms with Gasteiger partial charge in [-0.15, -0.1) is 0 Å². The number of carboxylic acids is 1. The largest absolute Gasteiger partial charge is 0.477 e. The van der Waals surface area contributed by atoms with Gasteiger partial charge in [-0.2, -0.15) is 0 Å². The van der Waals surface area contributed by atoms with E-state index in [0.717, 1.165) is 6.92 Å². The Morgan fingerprint density at radius 2 is 2.10 bits per heavy atom. The molecule has 0 radical (unpaired) electrons. The summed E-state index contributed by atoms with van der Waals surface area (Å²) >= 11 is 7.61. The summed E-state index contributed by atoms with van der Waals surface area (Å²) in [5.74, 6) is -2.24. The van der Waals surface area contributed by atoms with E-state index in [-0.39, 0.29) is 0 Å². The number of carboxylic acid groups (broad SMARTS) is 1. The van der Waals surface area contributed by atoms with Gasteiger partial charge in [-0.05, 0) is 15.9 Å². The zero-order valence-corrected chi connectivity index (χ0v) is 7.27. The minimum Gasteiger partial charge on any atom is -0.477 e. The third-order valence-electron chi connectivity index (χ3n) is 0.521. The molecule has 0 aromatic heterocycles. The molecule has 0 rings (SSSR count). The molecule has 0 saturated heterocycles. The molecule has 0 spiro atoms. The minimum absolute atomic E-state index is 0.769. The molecule has 58 valence electrons. The number of halogens is 2. The van der Waals surface area contributed by atoms with Crippen LogP contribution in [0.5, 0.6) is 0 Å². The zero-order valence-electron chi connectivity index (χ0n) is 4.93. The van der Waals surface area contributed by atoms with E-state index in [4.69, 9.17) is 16.7 Å². The number of hydrogen-bond donors (Lipinski definition) is 1. The highest BCUT2D eigenvalue weighted by molar-refractivity contribution is 9.10. The van der Waals surface area contributed by atoms with Crippen molar-refractivity contribution in [3.8, 4) is 0 Å². The zero-order chi connectivity index (χ0) is 8.36. The van der Waals surface area contributed by atoms with E-state index < -0.39 is 15.9 Å². The summed E-state index contributed by atoms with van der Waals surface area (Å²) in [4.78, 5) is 20.3. The summed E-state index contributed by atoms with van der Waals surface area (Å²) < 4.78 is 2.02. The average Bonchev–Trinajstić information content (AvgIpc) is 1.60. The second-order valence-electron chi connectivity index (χ2n) is 1.42. The van der Waals surface area contributed by atoms with Crippen molar-refractivity contribution in [2.75, 3.05) is 0 Å². The molecule has 10 heavy (non-hydrogen) atoms. The molecule has 0 saturated carbocycles. The molecular formula is C4H4BrClO4. The van der Waals surface area contributed by atoms with Crippen molar-refractivity contribution in [1.29, 1.82) is 0 Å². The van der Waals surface area contributed by atoms with Crippen LogP contribution >= 0.6 is 27.5 Å². The second kappa shape index (κ2) is 3.21. The molecule has 0 fully saturated rings. The highest BCUT2D eigenvalue weighted by atomic mass is 79.9. The van der Waals surface area contributed by atoms with E-state index in [1.807, 2.05) is 0 Å². The SMILES string of the molecule is CC(=O)OC(Cl)(Br)C(=O)O. The highest BCUT2D eigenvalue weighted by Gasteiger charge is 2.36. The monoisotopic (exact) mass is 230 g/mol. The van der Waals surface area contributed by atoms with Crippen LogP contribution in [0, 0.1) is 0 Å². The molecule has 0 aliphatic heterocycles. The molecule has 1 atom stereocenters. The van der Waals surface area contributed by atoms with Crippen molar-refractivity contribution >= 4 is 39.5 Å². The van der Waals surface area contributed by atoms with Crippen molar-refractivity contribution in [2.45, 2.75) is 10.9 Å². The number of rotatable bonds is 2. The van der Waals surface area contributed by atoms with Gasteiger partial charge in [0.1, 0.15) is 0 Å². The van der Waals surface area contributed by atoms with Gasteiger partial charge in [-0.3, -0.25) is 4.79 Å². The fourth-order valence-electron chi connectivity index (χ4n) is 0.224. The summed E-state index contributed by atoms with van der Waals surface area (Å²) in [7, 11) is 0. The number of aliphatic carboxylic acids is 1. The number of ether oxygens (including phenoxy) is 1. The van der Waals surface area contributed by atoms with Crippen molar-refractivity contribution in [2.24, 2.45) is 0 Å². The van der Waals surface area contributed by atoms with Crippen molar-refractivity contribution in [3.05, 3.63) is 0 Å². The Morgan fingerprint density at radius 3 is 2.20 bits per heavy atom. The van der Waals surface area contributed by atoms with Crippen molar-refractivity contribution < 1.29 is 19.4 Å². The van der Waals surface area contributed by atoms with Crippen LogP contribution in [0.4, 0.5) is 0 Å². The molecule has 0 bridgehead atoms. The average molecular weight is 231 g/mol. The Hall–Kier alpha value is -0.290. The predicted molar refractivity (Wildman–Crippen MR) is 36.9 cm³/mol. The highest BCUT2D eigenvalue weighted by Crippen LogP contribution is 2.25. The third kappa shape index (κ3) is 3.03. The van der Waals surface area contributed by atoms with Crippen LogP contribution in [0.25, 0.3) is 0 Å². The maximum atomic E-state index is 10.2. The standard InChI is InChI=1S/C4H4BrClO4/c1-2(7)10-4(5,6)3(8)9/h1H3,(H,8,9). The molecule has 0 amide bonds. The molecule has 1 N–H and O–H groups in total. The Bertz CT molecular complexity index is 167. The van der Waals surface area contributed by atoms with Gasteiger partial charge in [0.15, 0.2) is 0 Å². The topological polar surface area (TPSA) is 63.6 Å². The van der Waals surface area contributed by atoms with Gasteiger partial charge in [0, 0.05) is 6.92 Å². The van der Waals surface area contributed by atoms with Gasteiger partial charge in [0.2, 0.25) is 0 Å². The van der Waals surface area contributed by atoms with E-state index in [2.05, 4.69) is 20.7 Å². The smallest absolute Gasteiger partial charge is 0.376 e. The summed E-state index contributed by atoms with van der Waals surface area (Å²) in [6.45, 7) is 1.06. The lowest BCUT2D eigenvalue weighted by molar-refractivity contribution is -0.158. The van der Waals surface area contributed by atoms with Crippen LogP contribution < -0.4 is 0 Å². The van der Waals surface area contributed by atoms with Crippen molar-refractivity contribution in [1.82, 2.24) is 0 Å². The van der Waals surface area contributed by atoms with Gasteiger partial charge in [0.05, 0.1) is 0 Å². The van der Waals surface area contributed by atoms with Crippen LogP contribution in [0.1, 0.15) is 6.92 Å². The van der Waals surface area contributed by atoms with Gasteiger partial charge in [-0.25, -0.2) is 4.79 Å². The second-order valence-corrected chi connectivity index (χ2v) is 3.52. The van der Waals surface area contributed by atoms with Crippen LogP contribution in [0.15, 0.2) is 0 Å². The fraction of sp³-hybridized carbons (Fsp3) is 0.500. The predicted octanol–water partition coefficient (Wildman–Crippen LogP) is 0.922. The van der Waals surface area contributed by atoms with E-state index in [9.17, 15) is 9.59 Å². The number of hydrogen-bond acceptors (Lipinski definition) is 3. The maximum Gasteiger partial charge on any atom is 0.376 e. The quantitative estimate of drug-likeness (QED) is 0.567. The maximum absolute atomic E-state index is 10.2. The third-order valence-corrected chi connectivity index (χ3v) is 1.26. The lowest BCUT2D eigenvalue weighted by Gasteiger charge is -2.12. The molecule has 0 aliphatic rings. The lowest BCUT2D eigenvalue weighted by atomic mass is 10.7. The number of esters is 1. The molecule has 6 heteroatoms. The van der Waals surface area contributed by atoms with Crippen LogP contribution in [0.3, 0.4) is 0 Å². The summed E-state index contributed by atoms with van der Waals surface area (Å²) in [5, 5.41) is 8.23. The molecule has 0 aliphatic carbocycles. The number of carbonyl (C=O) groups excluding carboxylic acids is 1. The number of alkyl halides is 2. The first-order valence-electron chi connectivity index (χ1n) is 2.17. The van der Waals surface area contributed by atoms with Gasteiger partial charge < -0.3 is 9.84 Å². The van der Waals surface area contributed by atoms with E-state index >= 15 is 0 Å². The summed E-state index contributed by atoms with van der Waals surface area (Å²) in [6.07, 6.45) is 0. The Balaban J connectivity index is 4.13. The molecule has 0 heterocycles. The molecule has 4 nitrogen and oxygen atoms in total. The molecule has 0 aromatic rings. The normalized spacial score (nSPS) is 15.5. The van der Waals surface area contributed by atoms with Crippen molar-refractivity contribution in [3.63, 3.8) is 0 Å². The van der Waals surface area contributed by atoms with E-state index in [1.165, 1.54) is 0 Å². The number of carbonyl (C=O) groups is 2. The van der Waals surface area contributed by atoms with Gasteiger partial charge >= 0.3 is 15.9 Å². The Labute approximate surface area is 70.2 Å². The lowest BCUT2D eigenvalue weighted by Crippen LogP contribution is -2.30. The Kier molecular flexibility index (Phi) is 3.11. The minimum atomic E-state index is -2.13. The van der Waals surface area contributed by atoms with E-state index in [1.54, 1.807) is 0 Å². The molecule has 1 unspecified atom stereocenters. The van der Waals surface area contributed by atoms with E-state index in [0.29, 0.717) is 0 Å². The summed E-state index contributed by atoms with van der Waals surface area (Å²) in [5.41, 5.74) is 0. The van der Waals surface area contributed by atoms with Crippen LogP contribution in [0.2, 0.25) is 0 Å². The first-order valence-corrected chi connectivity index (χ1v) is 3.34. The van der Waals surface area contributed by atoms with Gasteiger partial charge in [0.25, 0.3) is 0 Å². The summed E-state index contributed by atoms with van der Waals surface area (Å²) in [6, 6.07) is 0. The molecular weight excluding hydrogens is 227 g/mol. The fourth-order valence-corrected chi connectivity index (χ4v) is 0.561. The first-order chi connectivity index (χ1) is 4.36.